The molecule has 0 aliphatic carbocycles. The quantitative estimate of drug-likeness (QED) is 0.742. The van der Waals surface area contributed by atoms with Gasteiger partial charge in [0.2, 0.25) is 0 Å². The van der Waals surface area contributed by atoms with E-state index in [1.165, 1.54) is 16.7 Å². The van der Waals surface area contributed by atoms with Gasteiger partial charge in [0.15, 0.2) is 0 Å². The molecule has 1 aromatic heterocycles. The minimum atomic E-state index is 0.00466. The number of benzene rings is 2. The van der Waals surface area contributed by atoms with E-state index >= 15 is 0 Å². The van der Waals surface area contributed by atoms with Gasteiger partial charge >= 0.3 is 0 Å². The number of aromatic nitrogens is 1. The molecule has 1 unspecified atom stereocenters. The van der Waals surface area contributed by atoms with E-state index in [4.69, 9.17) is 0 Å². The molecule has 1 atom stereocenters. The molecule has 0 bridgehead atoms. The first-order valence-corrected chi connectivity index (χ1v) is 9.29. The average molecular weight is 357 g/mol. The van der Waals surface area contributed by atoms with Crippen LogP contribution in [0.5, 0.6) is 0 Å². The topological polar surface area (TPSA) is 45.2 Å². The number of hydrogen-bond acceptors (Lipinski definition) is 3. The Morgan fingerprint density at radius 2 is 1.89 bits per heavy atom. The summed E-state index contributed by atoms with van der Waals surface area (Å²) in [4.78, 5) is 19.3. The van der Waals surface area contributed by atoms with Crippen molar-refractivity contribution in [2.45, 2.75) is 32.9 Å². The van der Waals surface area contributed by atoms with Crippen LogP contribution in [0.3, 0.4) is 0 Å². The van der Waals surface area contributed by atoms with Gasteiger partial charge in [-0.15, -0.1) is 0 Å². The fourth-order valence-corrected chi connectivity index (χ4v) is 3.54. The fraction of sp³-hybridized carbons (Fsp3) is 0.217. The fourth-order valence-electron chi connectivity index (χ4n) is 3.54. The van der Waals surface area contributed by atoms with Crippen molar-refractivity contribution in [3.8, 4) is 0 Å². The Kier molecular flexibility index (Phi) is 4.63. The van der Waals surface area contributed by atoms with Crippen LogP contribution < -0.4 is 10.2 Å². The largest absolute Gasteiger partial charge is 0.366 e. The third kappa shape index (κ3) is 3.56. The Morgan fingerprint density at radius 1 is 1.11 bits per heavy atom. The Hall–Kier alpha value is -3.14. The van der Waals surface area contributed by atoms with Crippen molar-refractivity contribution in [1.82, 2.24) is 4.98 Å². The third-order valence-corrected chi connectivity index (χ3v) is 5.03. The second kappa shape index (κ2) is 7.23. The zero-order valence-corrected chi connectivity index (χ0v) is 15.6. The van der Waals surface area contributed by atoms with Gasteiger partial charge in [0.1, 0.15) is 5.82 Å². The zero-order valence-electron chi connectivity index (χ0n) is 15.6. The molecule has 4 nitrogen and oxygen atoms in total. The van der Waals surface area contributed by atoms with Crippen molar-refractivity contribution in [2.75, 3.05) is 10.2 Å². The van der Waals surface area contributed by atoms with Crippen LogP contribution in [-0.4, -0.2) is 16.9 Å². The molecule has 0 radical (unpaired) electrons. The van der Waals surface area contributed by atoms with E-state index in [0.29, 0.717) is 12.1 Å². The van der Waals surface area contributed by atoms with Crippen LogP contribution in [-0.2, 0) is 13.0 Å². The lowest BCUT2D eigenvalue weighted by Gasteiger charge is -2.22. The molecule has 1 aliphatic heterocycles. The number of fused-ring (bicyclic) bond motifs is 1. The molecule has 1 aliphatic rings. The van der Waals surface area contributed by atoms with Gasteiger partial charge in [-0.1, -0.05) is 48.0 Å². The molecule has 0 saturated carbocycles. The number of aryl methyl sites for hydroxylation is 1. The molecular formula is C23H23N3O. The summed E-state index contributed by atoms with van der Waals surface area (Å²) in [6.07, 6.45) is 2.55. The van der Waals surface area contributed by atoms with Crippen LogP contribution in [0.15, 0.2) is 66.9 Å². The molecule has 1 amide bonds. The highest BCUT2D eigenvalue weighted by Crippen LogP contribution is 2.33. The Bertz CT molecular complexity index is 948. The Balaban J connectivity index is 1.46. The summed E-state index contributed by atoms with van der Waals surface area (Å²) in [5, 5.41) is 3.30. The van der Waals surface area contributed by atoms with Gasteiger partial charge in [-0.3, -0.25) is 4.79 Å². The molecule has 0 spiro atoms. The van der Waals surface area contributed by atoms with E-state index < -0.39 is 0 Å². The predicted molar refractivity (Wildman–Crippen MR) is 109 cm³/mol. The van der Waals surface area contributed by atoms with Gasteiger partial charge in [-0.05, 0) is 49.6 Å². The van der Waals surface area contributed by atoms with Crippen molar-refractivity contribution in [1.29, 1.82) is 0 Å². The summed E-state index contributed by atoms with van der Waals surface area (Å²) >= 11 is 0. The number of carbonyl (C=O) groups excluding carboxylic acids is 1. The number of hydrogen-bond donors (Lipinski definition) is 1. The lowest BCUT2D eigenvalue weighted by molar-refractivity contribution is 0.0981. The molecule has 4 rings (SSSR count). The normalized spacial score (nSPS) is 15.5. The lowest BCUT2D eigenvalue weighted by Crippen LogP contribution is -2.35. The first-order chi connectivity index (χ1) is 13.1. The van der Waals surface area contributed by atoms with E-state index in [1.807, 2.05) is 35.2 Å². The molecule has 1 N–H and O–H groups in total. The van der Waals surface area contributed by atoms with Crippen molar-refractivity contribution >= 4 is 17.4 Å². The van der Waals surface area contributed by atoms with Gasteiger partial charge in [-0.25, -0.2) is 4.98 Å². The van der Waals surface area contributed by atoms with Gasteiger partial charge in [-0.2, -0.15) is 0 Å². The summed E-state index contributed by atoms with van der Waals surface area (Å²) in [5.74, 6) is 0.770. The minimum Gasteiger partial charge on any atom is -0.366 e. The van der Waals surface area contributed by atoms with Gasteiger partial charge in [0, 0.05) is 24.5 Å². The number of amides is 1. The highest BCUT2D eigenvalue weighted by atomic mass is 16.2. The summed E-state index contributed by atoms with van der Waals surface area (Å²) in [6.45, 7) is 4.87. The second-order valence-electron chi connectivity index (χ2n) is 7.13. The maximum Gasteiger partial charge on any atom is 0.260 e. The smallest absolute Gasteiger partial charge is 0.260 e. The summed E-state index contributed by atoms with van der Waals surface area (Å²) < 4.78 is 0. The molecule has 2 heterocycles. The van der Waals surface area contributed by atoms with Crippen LogP contribution in [0.2, 0.25) is 0 Å². The average Bonchev–Trinajstić information content (AvgIpc) is 3.03. The maximum atomic E-state index is 13.0. The number of rotatable bonds is 4. The first kappa shape index (κ1) is 17.3. The highest BCUT2D eigenvalue weighted by Gasteiger charge is 2.31. The molecule has 136 valence electrons. The number of nitrogens with one attached hydrogen (secondary N) is 1. The Labute approximate surface area is 159 Å². The molecule has 27 heavy (non-hydrogen) atoms. The molecule has 0 saturated heterocycles. The summed E-state index contributed by atoms with van der Waals surface area (Å²) in [7, 11) is 0. The monoisotopic (exact) mass is 357 g/mol. The maximum absolute atomic E-state index is 13.0. The van der Waals surface area contributed by atoms with Gasteiger partial charge in [0.05, 0.1) is 5.56 Å². The van der Waals surface area contributed by atoms with E-state index in [2.05, 4.69) is 54.5 Å². The molecule has 3 aromatic rings. The lowest BCUT2D eigenvalue weighted by atomic mass is 10.1. The zero-order chi connectivity index (χ0) is 18.8. The number of nitrogens with zero attached hydrogens (tertiary/aromatic N) is 2. The predicted octanol–water partition coefficient (Wildman–Crippen LogP) is 4.59. The van der Waals surface area contributed by atoms with Crippen molar-refractivity contribution in [3.63, 3.8) is 0 Å². The van der Waals surface area contributed by atoms with Gasteiger partial charge in [0.25, 0.3) is 5.91 Å². The Morgan fingerprint density at radius 3 is 2.63 bits per heavy atom. The highest BCUT2D eigenvalue weighted by molar-refractivity contribution is 6.07. The molecular weight excluding hydrogens is 334 g/mol. The van der Waals surface area contributed by atoms with Crippen molar-refractivity contribution in [2.24, 2.45) is 0 Å². The van der Waals surface area contributed by atoms with Gasteiger partial charge < -0.3 is 10.2 Å². The minimum absolute atomic E-state index is 0.00466. The molecule has 0 fully saturated rings. The first-order valence-electron chi connectivity index (χ1n) is 9.29. The molecule has 2 aromatic carbocycles. The summed E-state index contributed by atoms with van der Waals surface area (Å²) in [6, 6.07) is 20.4. The van der Waals surface area contributed by atoms with Crippen LogP contribution in [0.25, 0.3) is 0 Å². The van der Waals surface area contributed by atoms with E-state index in [1.54, 1.807) is 6.20 Å². The van der Waals surface area contributed by atoms with Crippen molar-refractivity contribution < 1.29 is 4.79 Å². The molecule has 4 heteroatoms. The van der Waals surface area contributed by atoms with E-state index in [0.717, 1.165) is 17.9 Å². The standard InChI is InChI=1S/C23H23N3O/c1-16-7-9-18(10-8-16)14-24-22-12-11-20(15-25-22)23(27)26-17(2)13-19-5-3-4-6-21(19)26/h3-12,15,17H,13-14H2,1-2H3,(H,24,25). The number of para-hydroxylation sites is 1. The third-order valence-electron chi connectivity index (χ3n) is 5.03. The number of pyridine rings is 1. The van der Waals surface area contributed by atoms with Crippen LogP contribution >= 0.6 is 0 Å². The number of anilines is 2. The SMILES string of the molecule is Cc1ccc(CNc2ccc(C(=O)N3c4ccccc4CC3C)cn2)cc1. The van der Waals surface area contributed by atoms with E-state index in [9.17, 15) is 4.79 Å². The number of carbonyl (C=O) groups is 1. The van der Waals surface area contributed by atoms with Crippen LogP contribution in [0, 0.1) is 6.92 Å². The van der Waals surface area contributed by atoms with Crippen LogP contribution in [0.1, 0.15) is 34.0 Å². The van der Waals surface area contributed by atoms with E-state index in [-0.39, 0.29) is 11.9 Å². The summed E-state index contributed by atoms with van der Waals surface area (Å²) in [5.41, 5.74) is 5.29. The second-order valence-corrected chi connectivity index (χ2v) is 7.13. The van der Waals surface area contributed by atoms with Crippen molar-refractivity contribution in [3.05, 3.63) is 89.1 Å². The van der Waals surface area contributed by atoms with Crippen LogP contribution in [0.4, 0.5) is 11.5 Å².